The van der Waals surface area contributed by atoms with Gasteiger partial charge in [-0.15, -0.1) is 10.2 Å². The predicted octanol–water partition coefficient (Wildman–Crippen LogP) is 2.67. The summed E-state index contributed by atoms with van der Waals surface area (Å²) in [6.45, 7) is 7.13. The van der Waals surface area contributed by atoms with E-state index < -0.39 is 0 Å². The molecule has 0 bridgehead atoms. The molecule has 0 aliphatic carbocycles. The summed E-state index contributed by atoms with van der Waals surface area (Å²) in [7, 11) is 1.97. The van der Waals surface area contributed by atoms with Crippen LogP contribution in [0.3, 0.4) is 0 Å². The van der Waals surface area contributed by atoms with Gasteiger partial charge in [0.15, 0.2) is 5.16 Å². The molecule has 0 amide bonds. The zero-order valence-corrected chi connectivity index (χ0v) is 16.5. The van der Waals surface area contributed by atoms with Crippen molar-refractivity contribution in [2.24, 2.45) is 7.05 Å². The monoisotopic (exact) mass is 386 g/mol. The number of benzene rings is 1. The number of anilines is 1. The van der Waals surface area contributed by atoms with Crippen LogP contribution >= 0.6 is 11.8 Å². The van der Waals surface area contributed by atoms with Gasteiger partial charge >= 0.3 is 5.63 Å². The zero-order valence-electron chi connectivity index (χ0n) is 15.7. The maximum Gasteiger partial charge on any atom is 0.336 e. The fourth-order valence-electron chi connectivity index (χ4n) is 3.22. The Hall–Kier alpha value is -2.32. The largest absolute Gasteiger partial charge is 0.423 e. The lowest BCUT2D eigenvalue weighted by molar-refractivity contribution is 0.121. The summed E-state index contributed by atoms with van der Waals surface area (Å²) in [5.41, 5.74) is 3.54. The van der Waals surface area contributed by atoms with Crippen LogP contribution in [0.2, 0.25) is 0 Å². The van der Waals surface area contributed by atoms with Crippen LogP contribution in [0, 0.1) is 13.8 Å². The molecule has 3 aromatic rings. The molecule has 8 heteroatoms. The van der Waals surface area contributed by atoms with Crippen LogP contribution < -0.4 is 10.5 Å². The minimum absolute atomic E-state index is 0.326. The Bertz CT molecular complexity index is 1040. The summed E-state index contributed by atoms with van der Waals surface area (Å²) in [6, 6.07) is 5.59. The van der Waals surface area contributed by atoms with Gasteiger partial charge in [0, 0.05) is 37.3 Å². The summed E-state index contributed by atoms with van der Waals surface area (Å²) in [5, 5.41) is 10.5. The minimum Gasteiger partial charge on any atom is -0.423 e. The second kappa shape index (κ2) is 7.36. The lowest BCUT2D eigenvalue weighted by Gasteiger charge is -2.27. The standard InChI is InChI=1S/C19H22N4O3S/c1-12-8-15-14(10-17(24)26-16(15)9-13(12)2)11-27-19-21-20-18(22(19)3)23-4-6-25-7-5-23/h8-10H,4-7,11H2,1-3H3. The first kappa shape index (κ1) is 18.1. The molecule has 0 unspecified atom stereocenters. The molecule has 3 heterocycles. The van der Waals surface area contributed by atoms with Crippen molar-refractivity contribution in [1.82, 2.24) is 14.8 Å². The minimum atomic E-state index is -0.326. The van der Waals surface area contributed by atoms with Gasteiger partial charge in [0.2, 0.25) is 5.95 Å². The molecular weight excluding hydrogens is 364 g/mol. The van der Waals surface area contributed by atoms with Gasteiger partial charge < -0.3 is 14.1 Å². The van der Waals surface area contributed by atoms with Crippen LogP contribution in [0.15, 0.2) is 32.6 Å². The third-order valence-corrected chi connectivity index (χ3v) is 5.98. The molecule has 0 atom stereocenters. The molecule has 142 valence electrons. The van der Waals surface area contributed by atoms with Crippen molar-refractivity contribution >= 4 is 28.7 Å². The Morgan fingerprint density at radius 3 is 2.63 bits per heavy atom. The average Bonchev–Trinajstić information content (AvgIpc) is 3.02. The fraction of sp³-hybridized carbons (Fsp3) is 0.421. The van der Waals surface area contributed by atoms with Gasteiger partial charge in [-0.3, -0.25) is 4.57 Å². The summed E-state index contributed by atoms with van der Waals surface area (Å²) in [6.07, 6.45) is 0. The number of thioether (sulfide) groups is 1. The summed E-state index contributed by atoms with van der Waals surface area (Å²) in [4.78, 5) is 14.1. The lowest BCUT2D eigenvalue weighted by Crippen LogP contribution is -2.37. The van der Waals surface area contributed by atoms with Crippen LogP contribution in [0.4, 0.5) is 5.95 Å². The second-order valence-electron chi connectivity index (χ2n) is 6.75. The summed E-state index contributed by atoms with van der Waals surface area (Å²) < 4.78 is 12.8. The number of hydrogen-bond donors (Lipinski definition) is 0. The molecule has 0 saturated carbocycles. The molecule has 1 aliphatic heterocycles. The van der Waals surface area contributed by atoms with Crippen LogP contribution in [0.5, 0.6) is 0 Å². The van der Waals surface area contributed by atoms with Crippen molar-refractivity contribution in [1.29, 1.82) is 0 Å². The number of ether oxygens (including phenoxy) is 1. The average molecular weight is 386 g/mol. The number of fused-ring (bicyclic) bond motifs is 1. The Balaban J connectivity index is 1.60. The maximum absolute atomic E-state index is 12.0. The molecule has 1 aromatic carbocycles. The molecule has 1 saturated heterocycles. The number of morpholine rings is 1. The summed E-state index contributed by atoms with van der Waals surface area (Å²) in [5.74, 6) is 1.48. The molecule has 0 radical (unpaired) electrons. The van der Waals surface area contributed by atoms with E-state index in [-0.39, 0.29) is 5.63 Å². The highest BCUT2D eigenvalue weighted by Gasteiger charge is 2.19. The molecule has 7 nitrogen and oxygen atoms in total. The van der Waals surface area contributed by atoms with Crippen molar-refractivity contribution in [2.75, 3.05) is 31.2 Å². The van der Waals surface area contributed by atoms with E-state index in [0.29, 0.717) is 24.5 Å². The van der Waals surface area contributed by atoms with Crippen LogP contribution in [0.25, 0.3) is 11.0 Å². The number of aryl methyl sites for hydroxylation is 2. The highest BCUT2D eigenvalue weighted by Crippen LogP contribution is 2.28. The first-order valence-corrected chi connectivity index (χ1v) is 9.90. The van der Waals surface area contributed by atoms with E-state index in [1.54, 1.807) is 17.8 Å². The van der Waals surface area contributed by atoms with Gasteiger partial charge in [-0.2, -0.15) is 0 Å². The van der Waals surface area contributed by atoms with E-state index in [2.05, 4.69) is 28.1 Å². The van der Waals surface area contributed by atoms with Crippen molar-refractivity contribution in [3.05, 3.63) is 45.3 Å². The van der Waals surface area contributed by atoms with E-state index in [1.165, 1.54) is 5.56 Å². The van der Waals surface area contributed by atoms with Gasteiger partial charge in [0.25, 0.3) is 0 Å². The SMILES string of the molecule is Cc1cc2oc(=O)cc(CSc3nnc(N4CCOCC4)n3C)c2cc1C. The zero-order chi connectivity index (χ0) is 19.0. The molecule has 27 heavy (non-hydrogen) atoms. The first-order chi connectivity index (χ1) is 13.0. The van der Waals surface area contributed by atoms with Crippen molar-refractivity contribution in [2.45, 2.75) is 24.8 Å². The van der Waals surface area contributed by atoms with Crippen LogP contribution in [-0.2, 0) is 17.5 Å². The highest BCUT2D eigenvalue weighted by molar-refractivity contribution is 7.98. The third kappa shape index (κ3) is 3.59. The highest BCUT2D eigenvalue weighted by atomic mass is 32.2. The van der Waals surface area contributed by atoms with Gasteiger partial charge in [0.05, 0.1) is 13.2 Å². The molecule has 1 fully saturated rings. The van der Waals surface area contributed by atoms with Crippen LogP contribution in [0.1, 0.15) is 16.7 Å². The van der Waals surface area contributed by atoms with Gasteiger partial charge in [-0.1, -0.05) is 11.8 Å². The lowest BCUT2D eigenvalue weighted by atomic mass is 10.0. The Kier molecular flexibility index (Phi) is 4.92. The molecule has 0 spiro atoms. The van der Waals surface area contributed by atoms with Crippen molar-refractivity contribution in [3.63, 3.8) is 0 Å². The van der Waals surface area contributed by atoms with Gasteiger partial charge in [-0.25, -0.2) is 4.79 Å². The molecule has 2 aromatic heterocycles. The van der Waals surface area contributed by atoms with E-state index in [0.717, 1.165) is 40.7 Å². The van der Waals surface area contributed by atoms with E-state index >= 15 is 0 Å². The van der Waals surface area contributed by atoms with Crippen molar-refractivity contribution in [3.8, 4) is 0 Å². The normalized spacial score (nSPS) is 14.9. The fourth-order valence-corrected chi connectivity index (χ4v) is 4.11. The maximum atomic E-state index is 12.0. The Labute approximate surface area is 161 Å². The smallest absolute Gasteiger partial charge is 0.336 e. The number of rotatable bonds is 4. The Morgan fingerprint density at radius 1 is 1.11 bits per heavy atom. The van der Waals surface area contributed by atoms with Crippen LogP contribution in [-0.4, -0.2) is 41.1 Å². The van der Waals surface area contributed by atoms with E-state index in [1.807, 2.05) is 24.6 Å². The van der Waals surface area contributed by atoms with Crippen molar-refractivity contribution < 1.29 is 9.15 Å². The van der Waals surface area contributed by atoms with Gasteiger partial charge in [0.1, 0.15) is 5.58 Å². The van der Waals surface area contributed by atoms with E-state index in [9.17, 15) is 4.79 Å². The molecule has 1 aliphatic rings. The number of hydrogen-bond acceptors (Lipinski definition) is 7. The van der Waals surface area contributed by atoms with Gasteiger partial charge in [-0.05, 0) is 42.7 Å². The third-order valence-electron chi connectivity index (χ3n) is 4.91. The second-order valence-corrected chi connectivity index (χ2v) is 7.70. The molecule has 4 rings (SSSR count). The molecule has 0 N–H and O–H groups in total. The quantitative estimate of drug-likeness (QED) is 0.504. The topological polar surface area (TPSA) is 73.4 Å². The number of aromatic nitrogens is 3. The Morgan fingerprint density at radius 2 is 1.85 bits per heavy atom. The molecular formula is C19H22N4O3S. The number of nitrogens with zero attached hydrogens (tertiary/aromatic N) is 4. The van der Waals surface area contributed by atoms with E-state index in [4.69, 9.17) is 9.15 Å². The summed E-state index contributed by atoms with van der Waals surface area (Å²) >= 11 is 1.57. The predicted molar refractivity (Wildman–Crippen MR) is 106 cm³/mol. The first-order valence-electron chi connectivity index (χ1n) is 8.92.